The van der Waals surface area contributed by atoms with Gasteiger partial charge in [0.1, 0.15) is 5.82 Å². The summed E-state index contributed by atoms with van der Waals surface area (Å²) >= 11 is 5.69. The zero-order valence-electron chi connectivity index (χ0n) is 14.1. The molecule has 1 saturated heterocycles. The van der Waals surface area contributed by atoms with Crippen molar-refractivity contribution in [1.82, 2.24) is 10.2 Å². The molecule has 0 saturated carbocycles. The summed E-state index contributed by atoms with van der Waals surface area (Å²) in [5.74, 6) is -2.35. The molecule has 0 radical (unpaired) electrons. The Morgan fingerprint density at radius 3 is 2.96 bits per heavy atom. The SMILES string of the molecule is C=N/N=C\C(=C/C)N1CC[C@@](O)(C(=O)NCc2cccc(Cl)c2F)C1=O. The van der Waals surface area contributed by atoms with Crippen LogP contribution in [0.4, 0.5) is 4.39 Å². The summed E-state index contributed by atoms with van der Waals surface area (Å²) < 4.78 is 13.9. The Hall–Kier alpha value is -2.58. The van der Waals surface area contributed by atoms with E-state index in [1.165, 1.54) is 29.3 Å². The van der Waals surface area contributed by atoms with Gasteiger partial charge in [0.15, 0.2) is 0 Å². The first-order valence-electron chi connectivity index (χ1n) is 7.76. The van der Waals surface area contributed by atoms with Crippen LogP contribution in [0.3, 0.4) is 0 Å². The summed E-state index contributed by atoms with van der Waals surface area (Å²) in [6.45, 7) is 4.79. The molecule has 1 atom stereocenters. The molecule has 7 nitrogen and oxygen atoms in total. The van der Waals surface area contributed by atoms with E-state index in [-0.39, 0.29) is 30.1 Å². The number of likely N-dealkylation sites (tertiary alicyclic amines) is 1. The number of carbonyl (C=O) groups is 2. The van der Waals surface area contributed by atoms with Crippen molar-refractivity contribution < 1.29 is 19.1 Å². The molecule has 1 aromatic carbocycles. The van der Waals surface area contributed by atoms with E-state index in [0.29, 0.717) is 5.70 Å². The normalized spacial score (nSPS) is 20.7. The van der Waals surface area contributed by atoms with Crippen LogP contribution in [-0.4, -0.2) is 46.9 Å². The number of carbonyl (C=O) groups excluding carboxylic acids is 2. The van der Waals surface area contributed by atoms with E-state index in [1.54, 1.807) is 13.0 Å². The van der Waals surface area contributed by atoms with Crippen LogP contribution < -0.4 is 5.32 Å². The van der Waals surface area contributed by atoms with Gasteiger partial charge in [-0.3, -0.25) is 9.59 Å². The van der Waals surface area contributed by atoms with Gasteiger partial charge in [-0.2, -0.15) is 10.2 Å². The van der Waals surface area contributed by atoms with E-state index < -0.39 is 23.2 Å². The lowest BCUT2D eigenvalue weighted by Crippen LogP contribution is -2.52. The highest BCUT2D eigenvalue weighted by Crippen LogP contribution is 2.26. The molecule has 138 valence electrons. The van der Waals surface area contributed by atoms with Crippen LogP contribution in [0.2, 0.25) is 5.02 Å². The summed E-state index contributed by atoms with van der Waals surface area (Å²) in [5, 5.41) is 19.8. The summed E-state index contributed by atoms with van der Waals surface area (Å²) in [4.78, 5) is 26.1. The monoisotopic (exact) mass is 380 g/mol. The predicted octanol–water partition coefficient (Wildman–Crippen LogP) is 1.65. The maximum absolute atomic E-state index is 13.9. The van der Waals surface area contributed by atoms with Gasteiger partial charge >= 0.3 is 0 Å². The summed E-state index contributed by atoms with van der Waals surface area (Å²) in [6.07, 6.45) is 2.79. The fourth-order valence-electron chi connectivity index (χ4n) is 2.57. The van der Waals surface area contributed by atoms with Gasteiger partial charge in [-0.15, -0.1) is 0 Å². The molecule has 0 spiro atoms. The van der Waals surface area contributed by atoms with Gasteiger partial charge in [0.05, 0.1) is 16.9 Å². The van der Waals surface area contributed by atoms with Crippen molar-refractivity contribution in [2.24, 2.45) is 10.2 Å². The molecule has 1 heterocycles. The van der Waals surface area contributed by atoms with Gasteiger partial charge in [-0.25, -0.2) is 4.39 Å². The highest BCUT2D eigenvalue weighted by molar-refractivity contribution is 6.30. The average Bonchev–Trinajstić information content (AvgIpc) is 2.93. The molecule has 1 aromatic rings. The maximum atomic E-state index is 13.9. The Bertz CT molecular complexity index is 796. The van der Waals surface area contributed by atoms with Crippen LogP contribution in [0.1, 0.15) is 18.9 Å². The van der Waals surface area contributed by atoms with Crippen molar-refractivity contribution in [3.05, 3.63) is 46.4 Å². The third kappa shape index (κ3) is 3.81. The summed E-state index contributed by atoms with van der Waals surface area (Å²) in [6, 6.07) is 4.37. The molecule has 0 aromatic heterocycles. The Kier molecular flexibility index (Phi) is 6.23. The number of benzene rings is 1. The standard InChI is InChI=1S/C17H18ClFN4O3/c1-3-12(10-22-20-2)23-8-7-17(26,16(23)25)15(24)21-9-11-5-4-6-13(18)14(11)19/h3-6,10,26H,2,7-9H2,1H3,(H,21,24)/b12-3+,22-10-/t17-/m1/s1. The molecular weight excluding hydrogens is 363 g/mol. The number of rotatable bonds is 6. The lowest BCUT2D eigenvalue weighted by molar-refractivity contribution is -0.153. The molecule has 2 rings (SSSR count). The smallest absolute Gasteiger partial charge is 0.268 e. The fourth-order valence-corrected chi connectivity index (χ4v) is 2.76. The number of aliphatic hydroxyl groups is 1. The Morgan fingerprint density at radius 2 is 2.31 bits per heavy atom. The van der Waals surface area contributed by atoms with E-state index in [9.17, 15) is 19.1 Å². The molecular formula is C17H18ClFN4O3. The molecule has 1 fully saturated rings. The van der Waals surface area contributed by atoms with Crippen LogP contribution in [-0.2, 0) is 16.1 Å². The Morgan fingerprint density at radius 1 is 1.58 bits per heavy atom. The van der Waals surface area contributed by atoms with E-state index in [2.05, 4.69) is 22.2 Å². The first-order valence-corrected chi connectivity index (χ1v) is 8.14. The minimum Gasteiger partial charge on any atom is -0.372 e. The Labute approximate surface area is 154 Å². The molecule has 2 amide bonds. The molecule has 26 heavy (non-hydrogen) atoms. The van der Waals surface area contributed by atoms with Crippen molar-refractivity contribution in [3.8, 4) is 0 Å². The topological polar surface area (TPSA) is 94.4 Å². The molecule has 0 bridgehead atoms. The van der Waals surface area contributed by atoms with Gasteiger partial charge in [0.2, 0.25) is 5.60 Å². The van der Waals surface area contributed by atoms with Gasteiger partial charge in [-0.05, 0) is 13.0 Å². The highest BCUT2D eigenvalue weighted by Gasteiger charge is 2.51. The second kappa shape index (κ2) is 8.20. The van der Waals surface area contributed by atoms with Crippen LogP contribution in [0.25, 0.3) is 0 Å². The van der Waals surface area contributed by atoms with Crippen LogP contribution in [0, 0.1) is 5.82 Å². The first-order chi connectivity index (χ1) is 12.3. The van der Waals surface area contributed by atoms with E-state index in [4.69, 9.17) is 11.6 Å². The third-order valence-corrected chi connectivity index (χ3v) is 4.31. The van der Waals surface area contributed by atoms with E-state index >= 15 is 0 Å². The summed E-state index contributed by atoms with van der Waals surface area (Å²) in [7, 11) is 0. The van der Waals surface area contributed by atoms with E-state index in [1.807, 2.05) is 0 Å². The van der Waals surface area contributed by atoms with Crippen LogP contribution in [0.15, 0.2) is 40.2 Å². The number of allylic oxidation sites excluding steroid dienone is 2. The second-order valence-electron chi connectivity index (χ2n) is 5.56. The maximum Gasteiger partial charge on any atom is 0.268 e. The van der Waals surface area contributed by atoms with Crippen molar-refractivity contribution >= 4 is 36.3 Å². The molecule has 0 unspecified atom stereocenters. The molecule has 9 heteroatoms. The highest BCUT2D eigenvalue weighted by atomic mass is 35.5. The molecule has 1 aliphatic rings. The quantitative estimate of drug-likeness (QED) is 0.446. The lowest BCUT2D eigenvalue weighted by atomic mass is 10.0. The molecule has 1 aliphatic heterocycles. The third-order valence-electron chi connectivity index (χ3n) is 4.02. The van der Waals surface area contributed by atoms with Gasteiger partial charge in [0, 0.05) is 31.8 Å². The van der Waals surface area contributed by atoms with Crippen molar-refractivity contribution in [3.63, 3.8) is 0 Å². The first kappa shape index (κ1) is 19.7. The van der Waals surface area contributed by atoms with E-state index in [0.717, 1.165) is 0 Å². The van der Waals surface area contributed by atoms with Crippen LogP contribution >= 0.6 is 11.6 Å². The van der Waals surface area contributed by atoms with Gasteiger partial charge in [0.25, 0.3) is 11.8 Å². The fraction of sp³-hybridized carbons (Fsp3) is 0.294. The summed E-state index contributed by atoms with van der Waals surface area (Å²) in [5.41, 5.74) is -1.71. The minimum atomic E-state index is -2.24. The largest absolute Gasteiger partial charge is 0.372 e. The number of hydrogen-bond donors (Lipinski definition) is 2. The van der Waals surface area contributed by atoms with Gasteiger partial charge in [-0.1, -0.05) is 29.8 Å². The number of nitrogens with zero attached hydrogens (tertiary/aromatic N) is 3. The molecule has 0 aliphatic carbocycles. The van der Waals surface area contributed by atoms with Gasteiger partial charge < -0.3 is 15.3 Å². The molecule has 2 N–H and O–H groups in total. The van der Waals surface area contributed by atoms with Crippen LogP contribution in [0.5, 0.6) is 0 Å². The van der Waals surface area contributed by atoms with Crippen molar-refractivity contribution in [1.29, 1.82) is 0 Å². The predicted molar refractivity (Wildman–Crippen MR) is 96.3 cm³/mol. The van der Waals surface area contributed by atoms with Crippen molar-refractivity contribution in [2.75, 3.05) is 6.54 Å². The number of halogens is 2. The lowest BCUT2D eigenvalue weighted by Gasteiger charge is -2.22. The minimum absolute atomic E-state index is 0.0774. The number of nitrogens with one attached hydrogen (secondary N) is 1. The average molecular weight is 381 g/mol. The zero-order valence-corrected chi connectivity index (χ0v) is 14.8. The second-order valence-corrected chi connectivity index (χ2v) is 5.97. The number of amides is 2. The Balaban J connectivity index is 2.11. The number of hydrogen-bond acceptors (Lipinski definition) is 5. The van der Waals surface area contributed by atoms with Crippen molar-refractivity contribution in [2.45, 2.75) is 25.5 Å². The zero-order chi connectivity index (χ0) is 19.3.